The monoisotopic (exact) mass is 405 g/mol. The zero-order valence-corrected chi connectivity index (χ0v) is 16.3. The number of amides is 1. The fourth-order valence-corrected chi connectivity index (χ4v) is 3.80. The van der Waals surface area contributed by atoms with E-state index in [-0.39, 0.29) is 4.90 Å². The lowest BCUT2D eigenvalue weighted by molar-refractivity contribution is -0.120. The molecule has 0 fully saturated rings. The molecule has 29 heavy (non-hydrogen) atoms. The third-order valence-corrected chi connectivity index (χ3v) is 5.70. The van der Waals surface area contributed by atoms with Crippen LogP contribution in [0.1, 0.15) is 22.7 Å². The summed E-state index contributed by atoms with van der Waals surface area (Å²) in [6.45, 7) is -0.404. The van der Waals surface area contributed by atoms with Crippen molar-refractivity contribution in [3.63, 3.8) is 0 Å². The minimum atomic E-state index is -3.87. The quantitative estimate of drug-likeness (QED) is 0.631. The lowest BCUT2D eigenvalue weighted by atomic mass is 9.99. The lowest BCUT2D eigenvalue weighted by Crippen LogP contribution is -2.39. The zero-order valence-electron chi connectivity index (χ0n) is 15.4. The van der Waals surface area contributed by atoms with Crippen molar-refractivity contribution in [2.24, 2.45) is 0 Å². The Morgan fingerprint density at radius 2 is 1.38 bits per heavy atom. The van der Waals surface area contributed by atoms with Gasteiger partial charge in [-0.1, -0.05) is 60.7 Å². The molecule has 7 heteroatoms. The first-order valence-electron chi connectivity index (χ1n) is 8.89. The molecule has 0 bridgehead atoms. The van der Waals surface area contributed by atoms with Crippen molar-refractivity contribution in [3.8, 4) is 6.07 Å². The van der Waals surface area contributed by atoms with Gasteiger partial charge in [-0.25, -0.2) is 13.1 Å². The number of nitrogens with zero attached hydrogens (tertiary/aromatic N) is 1. The molecule has 0 spiro atoms. The average Bonchev–Trinajstić information content (AvgIpc) is 2.77. The van der Waals surface area contributed by atoms with Crippen molar-refractivity contribution >= 4 is 15.9 Å². The summed E-state index contributed by atoms with van der Waals surface area (Å²) in [6, 6.07) is 25.9. The van der Waals surface area contributed by atoms with Gasteiger partial charge < -0.3 is 5.32 Å². The molecule has 3 aromatic rings. The fourth-order valence-electron chi connectivity index (χ4n) is 2.81. The van der Waals surface area contributed by atoms with Gasteiger partial charge in [0, 0.05) is 0 Å². The fraction of sp³-hybridized carbons (Fsp3) is 0.0909. The van der Waals surface area contributed by atoms with Crippen LogP contribution in [-0.2, 0) is 14.8 Å². The summed E-state index contributed by atoms with van der Waals surface area (Å²) < 4.78 is 27.1. The molecule has 6 nitrogen and oxygen atoms in total. The largest absolute Gasteiger partial charge is 0.344 e. The Balaban J connectivity index is 1.71. The Morgan fingerprint density at radius 3 is 1.86 bits per heavy atom. The van der Waals surface area contributed by atoms with Crippen LogP contribution in [0.3, 0.4) is 0 Å². The van der Waals surface area contributed by atoms with E-state index < -0.39 is 28.5 Å². The molecule has 0 aliphatic heterocycles. The maximum absolute atomic E-state index is 12.5. The highest BCUT2D eigenvalue weighted by Crippen LogP contribution is 2.21. The van der Waals surface area contributed by atoms with Gasteiger partial charge in [0.15, 0.2) is 0 Å². The van der Waals surface area contributed by atoms with E-state index in [1.165, 1.54) is 24.3 Å². The molecule has 0 heterocycles. The van der Waals surface area contributed by atoms with Crippen LogP contribution in [0.15, 0.2) is 89.8 Å². The van der Waals surface area contributed by atoms with Crippen molar-refractivity contribution in [1.82, 2.24) is 10.0 Å². The van der Waals surface area contributed by atoms with Crippen LogP contribution in [0.4, 0.5) is 0 Å². The van der Waals surface area contributed by atoms with Gasteiger partial charge in [-0.3, -0.25) is 4.79 Å². The highest BCUT2D eigenvalue weighted by molar-refractivity contribution is 7.89. The molecule has 2 N–H and O–H groups in total. The summed E-state index contributed by atoms with van der Waals surface area (Å²) in [5, 5.41) is 11.7. The molecule has 3 aromatic carbocycles. The Bertz CT molecular complexity index is 1070. The van der Waals surface area contributed by atoms with E-state index >= 15 is 0 Å². The predicted molar refractivity (Wildman–Crippen MR) is 109 cm³/mol. The van der Waals surface area contributed by atoms with Crippen molar-refractivity contribution in [3.05, 3.63) is 102 Å². The van der Waals surface area contributed by atoms with Crippen LogP contribution in [0.5, 0.6) is 0 Å². The molecule has 1 amide bonds. The number of carbonyl (C=O) groups is 1. The Labute approximate surface area is 169 Å². The van der Waals surface area contributed by atoms with Gasteiger partial charge in [-0.05, 0) is 35.4 Å². The number of rotatable bonds is 7. The summed E-state index contributed by atoms with van der Waals surface area (Å²) >= 11 is 0. The van der Waals surface area contributed by atoms with Crippen molar-refractivity contribution in [1.29, 1.82) is 5.26 Å². The predicted octanol–water partition coefficient (Wildman–Crippen LogP) is 2.74. The second-order valence-electron chi connectivity index (χ2n) is 6.28. The highest BCUT2D eigenvalue weighted by Gasteiger charge is 2.19. The van der Waals surface area contributed by atoms with Gasteiger partial charge in [0.05, 0.1) is 29.1 Å². The summed E-state index contributed by atoms with van der Waals surface area (Å²) in [4.78, 5) is 12.5. The van der Waals surface area contributed by atoms with E-state index in [1.807, 2.05) is 66.7 Å². The average molecular weight is 405 g/mol. The van der Waals surface area contributed by atoms with E-state index in [9.17, 15) is 13.2 Å². The minimum absolute atomic E-state index is 0.00744. The van der Waals surface area contributed by atoms with Crippen LogP contribution in [0.25, 0.3) is 0 Å². The van der Waals surface area contributed by atoms with E-state index in [4.69, 9.17) is 5.26 Å². The van der Waals surface area contributed by atoms with E-state index in [2.05, 4.69) is 10.0 Å². The van der Waals surface area contributed by atoms with E-state index in [1.54, 1.807) is 0 Å². The number of sulfonamides is 1. The van der Waals surface area contributed by atoms with Crippen molar-refractivity contribution < 1.29 is 13.2 Å². The number of nitrogens with one attached hydrogen (secondary N) is 2. The van der Waals surface area contributed by atoms with Gasteiger partial charge in [0.1, 0.15) is 0 Å². The van der Waals surface area contributed by atoms with Crippen molar-refractivity contribution in [2.75, 3.05) is 6.54 Å². The van der Waals surface area contributed by atoms with Crippen LogP contribution in [-0.4, -0.2) is 20.9 Å². The SMILES string of the molecule is N#Cc1ccc(S(=O)(=O)NCC(=O)NC(c2ccccc2)c2ccccc2)cc1. The molecular formula is C22H19N3O3S. The third kappa shape index (κ3) is 5.29. The molecule has 0 saturated heterocycles. The van der Waals surface area contributed by atoms with Crippen molar-refractivity contribution in [2.45, 2.75) is 10.9 Å². The summed E-state index contributed by atoms with van der Waals surface area (Å²) in [5.74, 6) is -0.458. The first kappa shape index (κ1) is 20.3. The van der Waals surface area contributed by atoms with Crippen LogP contribution < -0.4 is 10.0 Å². The first-order chi connectivity index (χ1) is 14.0. The summed E-state index contributed by atoms with van der Waals surface area (Å²) in [6.07, 6.45) is 0. The minimum Gasteiger partial charge on any atom is -0.344 e. The normalized spacial score (nSPS) is 11.0. The summed E-state index contributed by atoms with van der Waals surface area (Å²) in [5.41, 5.74) is 2.14. The third-order valence-electron chi connectivity index (χ3n) is 4.29. The standard InChI is InChI=1S/C22H19N3O3S/c23-15-17-11-13-20(14-12-17)29(27,28)24-16-21(26)25-22(18-7-3-1-4-8-18)19-9-5-2-6-10-19/h1-14,22,24H,16H2,(H,25,26). The number of benzene rings is 3. The maximum Gasteiger partial charge on any atom is 0.241 e. The number of hydrogen-bond donors (Lipinski definition) is 2. The zero-order chi connectivity index (χ0) is 20.7. The van der Waals surface area contributed by atoms with Crippen LogP contribution in [0, 0.1) is 11.3 Å². The molecule has 0 saturated carbocycles. The topological polar surface area (TPSA) is 99.1 Å². The second kappa shape index (κ2) is 9.15. The molecule has 146 valence electrons. The molecule has 0 atom stereocenters. The summed E-state index contributed by atoms with van der Waals surface area (Å²) in [7, 11) is -3.87. The van der Waals surface area contributed by atoms with Gasteiger partial charge >= 0.3 is 0 Å². The molecule has 0 aromatic heterocycles. The maximum atomic E-state index is 12.5. The van der Waals surface area contributed by atoms with Crippen LogP contribution >= 0.6 is 0 Å². The smallest absolute Gasteiger partial charge is 0.241 e. The highest BCUT2D eigenvalue weighted by atomic mass is 32.2. The Kier molecular flexibility index (Phi) is 6.39. The molecule has 0 radical (unpaired) electrons. The Morgan fingerprint density at radius 1 is 0.862 bits per heavy atom. The van der Waals surface area contributed by atoms with Crippen LogP contribution in [0.2, 0.25) is 0 Å². The molecular weight excluding hydrogens is 386 g/mol. The van der Waals surface area contributed by atoms with E-state index in [0.717, 1.165) is 11.1 Å². The number of hydrogen-bond acceptors (Lipinski definition) is 4. The number of nitriles is 1. The lowest BCUT2D eigenvalue weighted by Gasteiger charge is -2.20. The van der Waals surface area contributed by atoms with Gasteiger partial charge in [0.2, 0.25) is 15.9 Å². The first-order valence-corrected chi connectivity index (χ1v) is 10.4. The Hall–Kier alpha value is -3.47. The molecule has 0 aliphatic rings. The van der Waals surface area contributed by atoms with Gasteiger partial charge in [0.25, 0.3) is 0 Å². The molecule has 0 unspecified atom stereocenters. The van der Waals surface area contributed by atoms with E-state index in [0.29, 0.717) is 5.56 Å². The number of carbonyl (C=O) groups excluding carboxylic acids is 1. The second-order valence-corrected chi connectivity index (χ2v) is 8.05. The van der Waals surface area contributed by atoms with Gasteiger partial charge in [-0.15, -0.1) is 0 Å². The van der Waals surface area contributed by atoms with Gasteiger partial charge in [-0.2, -0.15) is 5.26 Å². The molecule has 3 rings (SSSR count). The molecule has 0 aliphatic carbocycles.